The lowest BCUT2D eigenvalue weighted by molar-refractivity contribution is 0.0907. The lowest BCUT2D eigenvalue weighted by Gasteiger charge is -2.16. The number of aryl methyl sites for hydroxylation is 1. The second-order valence-electron chi connectivity index (χ2n) is 5.96. The minimum Gasteiger partial charge on any atom is -0.508 e. The van der Waals surface area contributed by atoms with Crippen molar-refractivity contribution in [2.24, 2.45) is 7.05 Å². The van der Waals surface area contributed by atoms with Crippen molar-refractivity contribution in [3.63, 3.8) is 0 Å². The molecule has 0 radical (unpaired) electrons. The quantitative estimate of drug-likeness (QED) is 0.755. The van der Waals surface area contributed by atoms with Gasteiger partial charge in [0, 0.05) is 7.05 Å². The Morgan fingerprint density at radius 2 is 1.96 bits per heavy atom. The lowest BCUT2D eigenvalue weighted by Crippen LogP contribution is -2.39. The molecule has 0 saturated heterocycles. The Bertz CT molecular complexity index is 662. The number of aliphatic hydroxyl groups excluding tert-OH is 1. The number of carbonyl (C=O) groups is 1. The summed E-state index contributed by atoms with van der Waals surface area (Å²) in [5, 5.41) is 26.0. The number of phenols is 1. The molecule has 6 heteroatoms. The van der Waals surface area contributed by atoms with Crippen molar-refractivity contribution < 1.29 is 15.0 Å². The van der Waals surface area contributed by atoms with Crippen molar-refractivity contribution in [3.8, 4) is 5.75 Å². The highest BCUT2D eigenvalue weighted by Gasteiger charge is 2.18. The Hall–Kier alpha value is -2.34. The number of nitrogens with zero attached hydrogens (tertiary/aromatic N) is 2. The Morgan fingerprint density at radius 1 is 1.30 bits per heavy atom. The van der Waals surface area contributed by atoms with Gasteiger partial charge < -0.3 is 15.5 Å². The van der Waals surface area contributed by atoms with Crippen LogP contribution in [0.25, 0.3) is 0 Å². The molecule has 1 amide bonds. The summed E-state index contributed by atoms with van der Waals surface area (Å²) >= 11 is 0. The van der Waals surface area contributed by atoms with Gasteiger partial charge in [0.2, 0.25) is 0 Å². The van der Waals surface area contributed by atoms with Gasteiger partial charge in [-0.2, -0.15) is 5.10 Å². The molecule has 124 valence electrons. The molecule has 0 aliphatic rings. The molecule has 1 aromatic carbocycles. The van der Waals surface area contributed by atoms with Crippen LogP contribution in [-0.2, 0) is 13.5 Å². The van der Waals surface area contributed by atoms with Crippen LogP contribution in [-0.4, -0.2) is 38.5 Å². The molecule has 0 spiro atoms. The number of hydrogen-bond donors (Lipinski definition) is 3. The van der Waals surface area contributed by atoms with Gasteiger partial charge in [0.1, 0.15) is 11.4 Å². The van der Waals surface area contributed by atoms with Crippen molar-refractivity contribution in [2.45, 2.75) is 32.2 Å². The summed E-state index contributed by atoms with van der Waals surface area (Å²) in [5.74, 6) is 0.174. The fraction of sp³-hybridized carbons (Fsp3) is 0.412. The smallest absolute Gasteiger partial charge is 0.269 e. The SMILES string of the molecule is CC(C)c1cc(C(=O)N[C@H](CO)Cc2ccc(O)cc2)n(C)n1. The van der Waals surface area contributed by atoms with Crippen molar-refractivity contribution in [1.82, 2.24) is 15.1 Å². The zero-order valence-electron chi connectivity index (χ0n) is 13.7. The molecule has 6 nitrogen and oxygen atoms in total. The molecule has 1 aromatic heterocycles. The van der Waals surface area contributed by atoms with Crippen molar-refractivity contribution in [3.05, 3.63) is 47.3 Å². The maximum absolute atomic E-state index is 12.4. The number of carbonyl (C=O) groups excluding carboxylic acids is 1. The van der Waals surface area contributed by atoms with E-state index in [4.69, 9.17) is 0 Å². The van der Waals surface area contributed by atoms with Crippen LogP contribution in [0.2, 0.25) is 0 Å². The summed E-state index contributed by atoms with van der Waals surface area (Å²) in [6, 6.07) is 8.08. The molecule has 2 rings (SSSR count). The number of nitrogens with one attached hydrogen (secondary N) is 1. The standard InChI is InChI=1S/C17H23N3O3/c1-11(2)15-9-16(20(3)19-15)17(23)18-13(10-21)8-12-4-6-14(22)7-5-12/h4-7,9,11,13,21-22H,8,10H2,1-3H3,(H,18,23)/t13-/m0/s1. The van der Waals surface area contributed by atoms with Crippen LogP contribution in [0.15, 0.2) is 30.3 Å². The summed E-state index contributed by atoms with van der Waals surface area (Å²) in [5.41, 5.74) is 2.25. The van der Waals surface area contributed by atoms with Gasteiger partial charge in [0.25, 0.3) is 5.91 Å². The maximum atomic E-state index is 12.4. The van der Waals surface area contributed by atoms with Gasteiger partial charge in [0.15, 0.2) is 0 Å². The van der Waals surface area contributed by atoms with Crippen LogP contribution in [0.3, 0.4) is 0 Å². The first-order valence-electron chi connectivity index (χ1n) is 7.64. The zero-order chi connectivity index (χ0) is 17.0. The predicted octanol–water partition coefficient (Wildman–Crippen LogP) is 1.58. The second-order valence-corrected chi connectivity index (χ2v) is 5.96. The van der Waals surface area contributed by atoms with Crippen molar-refractivity contribution in [2.75, 3.05) is 6.61 Å². The molecule has 0 aliphatic heterocycles. The first-order chi connectivity index (χ1) is 10.9. The van der Waals surface area contributed by atoms with E-state index in [0.717, 1.165) is 11.3 Å². The van der Waals surface area contributed by atoms with Crippen molar-refractivity contribution in [1.29, 1.82) is 0 Å². The largest absolute Gasteiger partial charge is 0.508 e. The number of rotatable bonds is 6. The van der Waals surface area contributed by atoms with E-state index < -0.39 is 6.04 Å². The molecule has 1 heterocycles. The van der Waals surface area contributed by atoms with Crippen molar-refractivity contribution >= 4 is 5.91 Å². The van der Waals surface area contributed by atoms with Gasteiger partial charge in [-0.3, -0.25) is 9.48 Å². The summed E-state index contributed by atoms with van der Waals surface area (Å²) < 4.78 is 1.56. The summed E-state index contributed by atoms with van der Waals surface area (Å²) in [6.07, 6.45) is 0.484. The van der Waals surface area contributed by atoms with Gasteiger partial charge in [-0.15, -0.1) is 0 Å². The van der Waals surface area contributed by atoms with E-state index in [2.05, 4.69) is 10.4 Å². The summed E-state index contributed by atoms with van der Waals surface area (Å²) in [6.45, 7) is 3.87. The molecule has 0 aliphatic carbocycles. The van der Waals surface area contributed by atoms with Gasteiger partial charge >= 0.3 is 0 Å². The van der Waals surface area contributed by atoms with E-state index in [0.29, 0.717) is 12.1 Å². The number of hydrogen-bond acceptors (Lipinski definition) is 4. The molecule has 0 bridgehead atoms. The summed E-state index contributed by atoms with van der Waals surface area (Å²) in [4.78, 5) is 12.4. The van der Waals surface area contributed by atoms with E-state index >= 15 is 0 Å². The van der Waals surface area contributed by atoms with Crippen LogP contribution in [0.4, 0.5) is 0 Å². The average Bonchev–Trinajstić information content (AvgIpc) is 2.91. The van der Waals surface area contributed by atoms with Crippen LogP contribution in [0.5, 0.6) is 5.75 Å². The number of amides is 1. The van der Waals surface area contributed by atoms with Crippen LogP contribution >= 0.6 is 0 Å². The van der Waals surface area contributed by atoms with Crippen LogP contribution in [0, 0.1) is 0 Å². The fourth-order valence-corrected chi connectivity index (χ4v) is 2.32. The molecular formula is C17H23N3O3. The lowest BCUT2D eigenvalue weighted by atomic mass is 10.1. The molecule has 3 N–H and O–H groups in total. The van der Waals surface area contributed by atoms with E-state index in [1.807, 2.05) is 13.8 Å². The summed E-state index contributed by atoms with van der Waals surface area (Å²) in [7, 11) is 1.73. The third kappa shape index (κ3) is 4.32. The second kappa shape index (κ2) is 7.28. The van der Waals surface area contributed by atoms with Gasteiger partial charge in [0.05, 0.1) is 18.3 Å². The normalized spacial score (nSPS) is 12.4. The van der Waals surface area contributed by atoms with E-state index in [1.54, 1.807) is 42.1 Å². The molecule has 0 fully saturated rings. The first-order valence-corrected chi connectivity index (χ1v) is 7.64. The number of aromatic nitrogens is 2. The minimum absolute atomic E-state index is 0.165. The Morgan fingerprint density at radius 3 is 2.48 bits per heavy atom. The van der Waals surface area contributed by atoms with Gasteiger partial charge in [-0.1, -0.05) is 26.0 Å². The molecule has 2 aromatic rings. The number of aliphatic hydroxyl groups is 1. The highest BCUT2D eigenvalue weighted by atomic mass is 16.3. The Labute approximate surface area is 135 Å². The molecule has 0 unspecified atom stereocenters. The highest BCUT2D eigenvalue weighted by Crippen LogP contribution is 2.14. The van der Waals surface area contributed by atoms with E-state index in [1.165, 1.54) is 0 Å². The van der Waals surface area contributed by atoms with Gasteiger partial charge in [-0.25, -0.2) is 0 Å². The van der Waals surface area contributed by atoms with Gasteiger partial charge in [-0.05, 0) is 36.1 Å². The number of benzene rings is 1. The average molecular weight is 317 g/mol. The third-order valence-corrected chi connectivity index (χ3v) is 3.70. The third-order valence-electron chi connectivity index (χ3n) is 3.70. The number of aromatic hydroxyl groups is 1. The van der Waals surface area contributed by atoms with E-state index in [-0.39, 0.29) is 24.2 Å². The number of phenolic OH excluding ortho intramolecular Hbond substituents is 1. The molecular weight excluding hydrogens is 294 g/mol. The van der Waals surface area contributed by atoms with E-state index in [9.17, 15) is 15.0 Å². The molecule has 0 saturated carbocycles. The topological polar surface area (TPSA) is 87.4 Å². The molecule has 23 heavy (non-hydrogen) atoms. The first kappa shape index (κ1) is 17.0. The van der Waals surface area contributed by atoms with Crippen LogP contribution < -0.4 is 5.32 Å². The highest BCUT2D eigenvalue weighted by molar-refractivity contribution is 5.92. The fourth-order valence-electron chi connectivity index (χ4n) is 2.32. The minimum atomic E-state index is -0.399. The predicted molar refractivity (Wildman–Crippen MR) is 87.4 cm³/mol. The Kier molecular flexibility index (Phi) is 5.39. The maximum Gasteiger partial charge on any atom is 0.269 e. The molecule has 1 atom stereocenters. The Balaban J connectivity index is 2.06. The monoisotopic (exact) mass is 317 g/mol. The zero-order valence-corrected chi connectivity index (χ0v) is 13.7. The van der Waals surface area contributed by atoms with Crippen LogP contribution in [0.1, 0.15) is 41.5 Å².